The number of anilines is 6. The first kappa shape index (κ1) is 49.8. The topological polar surface area (TPSA) is 16.0 Å². The smallest absolute Gasteiger partial charge is 0.218 e. The van der Waals surface area contributed by atoms with E-state index in [9.17, 15) is 0 Å². The molecule has 0 unspecified atom stereocenters. The normalized spacial score (nSPS) is 18.6. The summed E-state index contributed by atoms with van der Waals surface area (Å²) in [5, 5.41) is 0. The molecular weight excluding hydrogens is 987 g/mol. The summed E-state index contributed by atoms with van der Waals surface area (Å²) < 4.78 is 2.51. The van der Waals surface area contributed by atoms with E-state index in [1.54, 1.807) is 0 Å². The highest BCUT2D eigenvalue weighted by Crippen LogP contribution is 2.53. The number of fused-ring (bicyclic) bond motifs is 6. The first-order chi connectivity index (χ1) is 38.0. The van der Waals surface area contributed by atoms with Gasteiger partial charge in [0, 0.05) is 115 Å². The number of benzene rings is 8. The molecule has 7 heteroatoms. The molecule has 0 bridgehead atoms. The van der Waals surface area contributed by atoms with Crippen molar-refractivity contribution in [2.45, 2.75) is 84.8 Å². The number of rotatable bonds is 10. The molecule has 0 N–H and O–H groups in total. The maximum absolute atomic E-state index is 2.62. The summed E-state index contributed by atoms with van der Waals surface area (Å²) in [6.07, 6.45) is 11.8. The van der Waals surface area contributed by atoms with Crippen molar-refractivity contribution in [3.63, 3.8) is 0 Å². The van der Waals surface area contributed by atoms with Crippen LogP contribution in [0.4, 0.5) is 45.5 Å². The minimum Gasteiger partial charge on any atom is -0.342 e. The van der Waals surface area contributed by atoms with Crippen LogP contribution in [0.2, 0.25) is 0 Å². The molecule has 78 heavy (non-hydrogen) atoms. The van der Waals surface area contributed by atoms with Crippen molar-refractivity contribution < 1.29 is 0 Å². The molecule has 0 atom stereocenters. The first-order valence-electron chi connectivity index (χ1n) is 27.7. The van der Waals surface area contributed by atoms with E-state index in [2.05, 4.69) is 284 Å². The van der Waals surface area contributed by atoms with E-state index in [0.29, 0.717) is 0 Å². The zero-order valence-corrected chi connectivity index (χ0v) is 47.2. The summed E-state index contributed by atoms with van der Waals surface area (Å²) in [4.78, 5) is 15.5. The Morgan fingerprint density at radius 3 is 1.09 bits per heavy atom. The van der Waals surface area contributed by atoms with Gasteiger partial charge in [0.05, 0.1) is 22.7 Å². The average molecular weight is 1050 g/mol. The third-order valence-corrected chi connectivity index (χ3v) is 18.9. The minimum atomic E-state index is -0.228. The summed E-state index contributed by atoms with van der Waals surface area (Å²) >= 11 is 3.75. The minimum absolute atomic E-state index is 0.228. The van der Waals surface area contributed by atoms with Crippen LogP contribution in [0.1, 0.15) is 62.8 Å². The second-order valence-corrected chi connectivity index (χ2v) is 24.5. The molecule has 8 aromatic rings. The van der Waals surface area contributed by atoms with Gasteiger partial charge in [-0.2, -0.15) is 4.58 Å². The molecule has 13 rings (SSSR count). The highest BCUT2D eigenvalue weighted by molar-refractivity contribution is 8.00. The van der Waals surface area contributed by atoms with E-state index in [1.807, 2.05) is 23.5 Å². The second kappa shape index (κ2) is 20.3. The summed E-state index contributed by atoms with van der Waals surface area (Å²) in [5.74, 6) is 0. The maximum Gasteiger partial charge on any atom is 0.218 e. The van der Waals surface area contributed by atoms with E-state index in [1.165, 1.54) is 104 Å². The molecule has 386 valence electrons. The Morgan fingerprint density at radius 2 is 0.718 bits per heavy atom. The maximum atomic E-state index is 2.62. The lowest BCUT2D eigenvalue weighted by Gasteiger charge is -2.35. The third-order valence-electron chi connectivity index (χ3n) is 16.7. The lowest BCUT2D eigenvalue weighted by molar-refractivity contribution is 0.629. The van der Waals surface area contributed by atoms with Gasteiger partial charge in [-0.1, -0.05) is 184 Å². The number of hydrogen-bond donors (Lipinski definition) is 0. The van der Waals surface area contributed by atoms with Crippen molar-refractivity contribution in [3.8, 4) is 0 Å². The SMILES string of the molecule is Cc1ccc2c(c1)C(C)(C)C(=C/C=C1\CC/C(=C\C=C3N(CCN4c5ccccc5Sc5ccccc54)c4ccc(C)cc4C3(C)C)C1=[N+](c1ccccc1)c1ccccc1)N2CCN1c2ccccc2Sc2ccccc21. The van der Waals surface area contributed by atoms with Crippen LogP contribution in [0.25, 0.3) is 0 Å². The predicted molar refractivity (Wildman–Crippen MR) is 332 cm³/mol. The summed E-state index contributed by atoms with van der Waals surface area (Å²) in [6, 6.07) is 71.7. The van der Waals surface area contributed by atoms with Crippen LogP contribution in [0, 0.1) is 13.8 Å². The van der Waals surface area contributed by atoms with Gasteiger partial charge in [-0.05, 0) is 111 Å². The summed E-state index contributed by atoms with van der Waals surface area (Å²) in [7, 11) is 0. The van der Waals surface area contributed by atoms with Crippen LogP contribution in [-0.2, 0) is 10.8 Å². The molecule has 5 aliphatic rings. The number of aryl methyl sites for hydroxylation is 2. The van der Waals surface area contributed by atoms with Gasteiger partial charge in [-0.15, -0.1) is 0 Å². The lowest BCUT2D eigenvalue weighted by Crippen LogP contribution is -2.34. The standard InChI is InChI=1S/C71H66N5S2/c1-49-33-39-57-55(47-49)70(3,4)67(74(57)45-43-72-59-25-13-17-29-63(59)77-64-30-18-14-26-60(64)72)41-37-51-35-36-52(69(51)76(53-21-9-7-10-22-53)54-23-11-8-12-24-54)38-42-68-71(5,6)56-48-50(2)34-40-58(56)75(68)46-44-73-61-27-15-19-31-65(61)78-66-32-20-16-28-62(66)73/h7-34,37-42,47-48H,35-36,43-46H2,1-6H3/q+1. The fourth-order valence-corrected chi connectivity index (χ4v) is 14.9. The van der Waals surface area contributed by atoms with Gasteiger partial charge >= 0.3 is 0 Å². The number of para-hydroxylation sites is 6. The molecular formula is C71H66N5S2+. The van der Waals surface area contributed by atoms with Gasteiger partial charge in [0.25, 0.3) is 0 Å². The molecule has 5 nitrogen and oxygen atoms in total. The molecule has 0 amide bonds. The van der Waals surface area contributed by atoms with Gasteiger partial charge < -0.3 is 19.6 Å². The molecule has 4 aliphatic heterocycles. The Hall–Kier alpha value is -7.71. The number of allylic oxidation sites excluding steroid dienone is 8. The van der Waals surface area contributed by atoms with Gasteiger partial charge in [-0.3, -0.25) is 0 Å². The molecule has 4 heterocycles. The van der Waals surface area contributed by atoms with Crippen molar-refractivity contribution in [2.24, 2.45) is 0 Å². The van der Waals surface area contributed by atoms with Crippen LogP contribution in [0.3, 0.4) is 0 Å². The Labute approximate surface area is 470 Å². The number of nitrogens with zero attached hydrogens (tertiary/aromatic N) is 5. The predicted octanol–water partition coefficient (Wildman–Crippen LogP) is 18.2. The van der Waals surface area contributed by atoms with Gasteiger partial charge in [-0.25, -0.2) is 0 Å². The molecule has 8 aromatic carbocycles. The molecule has 1 saturated carbocycles. The number of hydrogen-bond acceptors (Lipinski definition) is 6. The van der Waals surface area contributed by atoms with E-state index in [4.69, 9.17) is 0 Å². The average Bonchev–Trinajstić information content (AvgIpc) is 4.07. The van der Waals surface area contributed by atoms with Gasteiger partial charge in [0.1, 0.15) is 0 Å². The van der Waals surface area contributed by atoms with E-state index in [0.717, 1.165) is 50.4 Å². The molecule has 0 aromatic heterocycles. The zero-order valence-electron chi connectivity index (χ0n) is 45.6. The Morgan fingerprint density at radius 1 is 0.385 bits per heavy atom. The fourth-order valence-electron chi connectivity index (χ4n) is 12.7. The van der Waals surface area contributed by atoms with Crippen LogP contribution in [0.15, 0.2) is 261 Å². The summed E-state index contributed by atoms with van der Waals surface area (Å²) in [5.41, 5.74) is 21.5. The van der Waals surface area contributed by atoms with Crippen molar-refractivity contribution in [1.82, 2.24) is 4.58 Å². The zero-order chi connectivity index (χ0) is 53.1. The largest absolute Gasteiger partial charge is 0.342 e. The van der Waals surface area contributed by atoms with Crippen molar-refractivity contribution in [2.75, 3.05) is 45.8 Å². The Kier molecular flexibility index (Phi) is 12.9. The van der Waals surface area contributed by atoms with E-state index >= 15 is 0 Å². The van der Waals surface area contributed by atoms with Crippen LogP contribution < -0.4 is 24.2 Å². The third kappa shape index (κ3) is 8.82. The van der Waals surface area contributed by atoms with Crippen molar-refractivity contribution in [1.29, 1.82) is 0 Å². The summed E-state index contributed by atoms with van der Waals surface area (Å²) in [6.45, 7) is 17.5. The highest BCUT2D eigenvalue weighted by Gasteiger charge is 2.43. The van der Waals surface area contributed by atoms with Gasteiger partial charge in [0.2, 0.25) is 17.1 Å². The Balaban J connectivity index is 0.923. The quantitative estimate of drug-likeness (QED) is 0.126. The second-order valence-electron chi connectivity index (χ2n) is 22.3. The monoisotopic (exact) mass is 1050 g/mol. The van der Waals surface area contributed by atoms with Crippen molar-refractivity contribution >= 4 is 74.7 Å². The molecule has 1 fully saturated rings. The molecule has 1 aliphatic carbocycles. The first-order valence-corrected chi connectivity index (χ1v) is 29.3. The van der Waals surface area contributed by atoms with Gasteiger partial charge in [0.15, 0.2) is 0 Å². The van der Waals surface area contributed by atoms with Crippen LogP contribution in [-0.4, -0.2) is 31.9 Å². The van der Waals surface area contributed by atoms with Crippen LogP contribution >= 0.6 is 23.5 Å². The van der Waals surface area contributed by atoms with E-state index in [-0.39, 0.29) is 10.8 Å². The van der Waals surface area contributed by atoms with Crippen LogP contribution in [0.5, 0.6) is 0 Å². The van der Waals surface area contributed by atoms with Crippen molar-refractivity contribution in [3.05, 3.63) is 263 Å². The highest BCUT2D eigenvalue weighted by atomic mass is 32.2. The Bertz CT molecular complexity index is 3470. The lowest BCUT2D eigenvalue weighted by atomic mass is 9.83. The molecule has 0 saturated heterocycles. The van der Waals surface area contributed by atoms with E-state index < -0.39 is 0 Å². The fraction of sp³-hybridized carbons (Fsp3) is 0.197. The molecule has 0 spiro atoms. The molecule has 0 radical (unpaired) electrons.